The predicted octanol–water partition coefficient (Wildman–Crippen LogP) is 5.05. The molecule has 2 aliphatic rings. The van der Waals surface area contributed by atoms with E-state index in [4.69, 9.17) is 24.2 Å². The van der Waals surface area contributed by atoms with Crippen LogP contribution in [0.2, 0.25) is 0 Å². The molecule has 0 aliphatic carbocycles. The minimum Gasteiger partial charge on any atom is -0.494 e. The Kier molecular flexibility index (Phi) is 9.18. The highest BCUT2D eigenvalue weighted by Gasteiger charge is 2.31. The van der Waals surface area contributed by atoms with Crippen LogP contribution in [0, 0.1) is 11.3 Å². The molecule has 0 bridgehead atoms. The zero-order valence-corrected chi connectivity index (χ0v) is 25.7. The Morgan fingerprint density at radius 1 is 0.978 bits per heavy atom. The minimum atomic E-state index is -0.846. The van der Waals surface area contributed by atoms with Crippen molar-refractivity contribution < 1.29 is 28.5 Å². The molecule has 4 aromatic rings. The number of fused-ring (bicyclic) bond motifs is 2. The number of carbonyl (C=O) groups excluding carboxylic acids is 2. The first kappa shape index (κ1) is 30.7. The molecule has 4 aromatic carbocycles. The predicted molar refractivity (Wildman–Crippen MR) is 171 cm³/mol. The lowest BCUT2D eigenvalue weighted by Gasteiger charge is -2.31. The number of hydrogen-bond donors (Lipinski definition) is 2. The highest BCUT2D eigenvalue weighted by Crippen LogP contribution is 2.40. The Balaban J connectivity index is 1.09. The lowest BCUT2D eigenvalue weighted by molar-refractivity contribution is -0.145. The van der Waals surface area contributed by atoms with Crippen molar-refractivity contribution in [2.75, 3.05) is 20.3 Å². The Hall–Kier alpha value is -5.33. The third kappa shape index (κ3) is 6.82. The maximum atomic E-state index is 13.4. The van der Waals surface area contributed by atoms with Crippen molar-refractivity contribution in [1.29, 1.82) is 5.26 Å². The van der Waals surface area contributed by atoms with Crippen LogP contribution in [0.3, 0.4) is 0 Å². The van der Waals surface area contributed by atoms with Gasteiger partial charge in [-0.3, -0.25) is 4.79 Å². The number of nitrogens with one attached hydrogen (secondary N) is 2. The van der Waals surface area contributed by atoms with Crippen LogP contribution >= 0.6 is 0 Å². The van der Waals surface area contributed by atoms with Gasteiger partial charge in [0.2, 0.25) is 5.91 Å². The van der Waals surface area contributed by atoms with Crippen molar-refractivity contribution in [2.45, 2.75) is 44.5 Å². The van der Waals surface area contributed by atoms with Gasteiger partial charge in [-0.2, -0.15) is 5.26 Å². The number of methoxy groups -OCH3 is 1. The van der Waals surface area contributed by atoms with Gasteiger partial charge in [-0.25, -0.2) is 4.79 Å². The molecular formula is C37H35N3O6. The summed E-state index contributed by atoms with van der Waals surface area (Å²) in [4.78, 5) is 26.1. The molecule has 1 unspecified atom stereocenters. The van der Waals surface area contributed by atoms with Crippen LogP contribution in [0.4, 0.5) is 0 Å². The second kappa shape index (κ2) is 13.8. The van der Waals surface area contributed by atoms with Crippen molar-refractivity contribution in [3.05, 3.63) is 113 Å². The van der Waals surface area contributed by atoms with Gasteiger partial charge >= 0.3 is 5.97 Å². The van der Waals surface area contributed by atoms with E-state index in [2.05, 4.69) is 16.7 Å². The van der Waals surface area contributed by atoms with Gasteiger partial charge in [0, 0.05) is 13.0 Å². The molecule has 6 rings (SSSR count). The molecule has 9 nitrogen and oxygen atoms in total. The smallest absolute Gasteiger partial charge is 0.328 e. The fraction of sp³-hybridized carbons (Fsp3) is 0.270. The Bertz CT molecular complexity index is 1750. The Labute approximate surface area is 268 Å². The van der Waals surface area contributed by atoms with E-state index in [1.54, 1.807) is 12.1 Å². The fourth-order valence-electron chi connectivity index (χ4n) is 5.79. The number of amides is 1. The molecule has 3 atom stereocenters. The Morgan fingerprint density at radius 3 is 2.35 bits per heavy atom. The van der Waals surface area contributed by atoms with Crippen LogP contribution in [0.15, 0.2) is 84.9 Å². The molecular weight excluding hydrogens is 582 g/mol. The maximum Gasteiger partial charge on any atom is 0.328 e. The third-order valence-corrected chi connectivity index (χ3v) is 8.31. The second-order valence-corrected chi connectivity index (χ2v) is 11.3. The minimum absolute atomic E-state index is 0.237. The highest BCUT2D eigenvalue weighted by molar-refractivity contribution is 5.88. The van der Waals surface area contributed by atoms with Crippen molar-refractivity contribution in [1.82, 2.24) is 10.6 Å². The zero-order valence-electron chi connectivity index (χ0n) is 25.7. The summed E-state index contributed by atoms with van der Waals surface area (Å²) < 4.78 is 23.0. The van der Waals surface area contributed by atoms with Gasteiger partial charge in [-0.05, 0) is 83.1 Å². The number of carbonyl (C=O) groups is 2. The van der Waals surface area contributed by atoms with Gasteiger partial charge < -0.3 is 29.6 Å². The van der Waals surface area contributed by atoms with E-state index in [0.717, 1.165) is 39.1 Å². The molecule has 2 heterocycles. The first-order valence-corrected chi connectivity index (χ1v) is 15.3. The largest absolute Gasteiger partial charge is 0.494 e. The summed E-state index contributed by atoms with van der Waals surface area (Å²) >= 11 is 0. The van der Waals surface area contributed by atoms with Crippen LogP contribution in [-0.2, 0) is 33.7 Å². The van der Waals surface area contributed by atoms with Crippen LogP contribution in [0.1, 0.15) is 40.8 Å². The quantitative estimate of drug-likeness (QED) is 0.251. The van der Waals surface area contributed by atoms with Gasteiger partial charge in [-0.15, -0.1) is 0 Å². The molecule has 0 saturated heterocycles. The zero-order chi connectivity index (χ0) is 32.0. The number of rotatable bonds is 9. The van der Waals surface area contributed by atoms with Gasteiger partial charge in [0.25, 0.3) is 0 Å². The van der Waals surface area contributed by atoms with E-state index >= 15 is 0 Å². The molecule has 234 valence electrons. The van der Waals surface area contributed by atoms with Crippen molar-refractivity contribution >= 4 is 11.9 Å². The van der Waals surface area contributed by atoms with Crippen molar-refractivity contribution in [3.63, 3.8) is 0 Å². The maximum absolute atomic E-state index is 13.4. The van der Waals surface area contributed by atoms with E-state index in [-0.39, 0.29) is 18.4 Å². The van der Waals surface area contributed by atoms with Gasteiger partial charge in [0.05, 0.1) is 31.4 Å². The number of nitriles is 1. The summed E-state index contributed by atoms with van der Waals surface area (Å²) in [5, 5.41) is 15.3. The number of nitrogens with zero attached hydrogens (tertiary/aromatic N) is 1. The van der Waals surface area contributed by atoms with Crippen molar-refractivity contribution in [3.8, 4) is 34.4 Å². The molecule has 0 aromatic heterocycles. The van der Waals surface area contributed by atoms with E-state index in [1.807, 2.05) is 79.7 Å². The summed E-state index contributed by atoms with van der Waals surface area (Å²) in [6.07, 6.45) is 0.482. The molecule has 1 amide bonds. The van der Waals surface area contributed by atoms with Crippen LogP contribution in [-0.4, -0.2) is 44.3 Å². The average Bonchev–Trinajstić information content (AvgIpc) is 3.10. The first-order valence-electron chi connectivity index (χ1n) is 15.3. The van der Waals surface area contributed by atoms with Crippen LogP contribution in [0.25, 0.3) is 11.1 Å². The molecule has 46 heavy (non-hydrogen) atoms. The van der Waals surface area contributed by atoms with E-state index in [0.29, 0.717) is 43.2 Å². The van der Waals surface area contributed by atoms with Gasteiger partial charge in [0.15, 0.2) is 17.6 Å². The van der Waals surface area contributed by atoms with Gasteiger partial charge in [-0.1, -0.05) is 48.5 Å². The number of ether oxygens (including phenoxy) is 4. The lowest BCUT2D eigenvalue weighted by atomic mass is 9.94. The van der Waals surface area contributed by atoms with E-state index in [9.17, 15) is 9.59 Å². The van der Waals surface area contributed by atoms with E-state index in [1.165, 1.54) is 7.11 Å². The summed E-state index contributed by atoms with van der Waals surface area (Å²) in [6.45, 7) is 3.41. The molecule has 0 saturated carbocycles. The highest BCUT2D eigenvalue weighted by atomic mass is 16.6. The summed E-state index contributed by atoms with van der Waals surface area (Å²) in [7, 11) is 1.32. The molecule has 0 spiro atoms. The fourth-order valence-corrected chi connectivity index (χ4v) is 5.79. The molecule has 9 heteroatoms. The number of hydrogen-bond acceptors (Lipinski definition) is 8. The molecule has 0 radical (unpaired) electrons. The van der Waals surface area contributed by atoms with Crippen LogP contribution < -0.4 is 24.8 Å². The lowest BCUT2D eigenvalue weighted by Crippen LogP contribution is -2.53. The van der Waals surface area contributed by atoms with Crippen molar-refractivity contribution in [2.24, 2.45) is 0 Å². The number of benzene rings is 4. The summed E-state index contributed by atoms with van der Waals surface area (Å²) in [6, 6.07) is 27.6. The third-order valence-electron chi connectivity index (χ3n) is 8.31. The average molecular weight is 618 g/mol. The standard InChI is InChI=1S/C37H35N3O6/c1-3-44-30-14-12-27(13-15-30)35-22-45-33-18-28-17-31(39-21-29(28)19-34(33)46-35)36(41)40-32(37(42)43-2)16-23-4-8-25(9-5-23)26-10-6-24(20-38)7-11-26/h4-15,18-19,31-32,35,39H,3,16-17,21-22H2,1-2H3,(H,40,41)/t31?,32-,35+/m0/s1. The van der Waals surface area contributed by atoms with Crippen LogP contribution in [0.5, 0.6) is 17.2 Å². The summed E-state index contributed by atoms with van der Waals surface area (Å²) in [5.74, 6) is 1.35. The SMILES string of the molecule is CCOc1ccc([C@H]2COc3cc4c(cc3O2)CNC(C(=O)N[C@@H](Cc2ccc(-c3ccc(C#N)cc3)cc2)C(=O)OC)C4)cc1. The number of esters is 1. The molecule has 0 fully saturated rings. The second-order valence-electron chi connectivity index (χ2n) is 11.3. The Morgan fingerprint density at radius 2 is 1.67 bits per heavy atom. The molecule has 2 aliphatic heterocycles. The monoisotopic (exact) mass is 617 g/mol. The first-order chi connectivity index (χ1) is 22.4. The van der Waals surface area contributed by atoms with E-state index < -0.39 is 18.1 Å². The normalized spacial score (nSPS) is 17.2. The van der Waals surface area contributed by atoms with Gasteiger partial charge in [0.1, 0.15) is 18.4 Å². The summed E-state index contributed by atoms with van der Waals surface area (Å²) in [5.41, 5.74) is 6.48. The topological polar surface area (TPSA) is 119 Å². The molecule has 2 N–H and O–H groups in total.